The summed E-state index contributed by atoms with van der Waals surface area (Å²) < 4.78 is 14.7. The SMILES string of the molecule is C[C@@H](O)c1nc2ccccc2n1CC(=O)Nc1ccc(F)cc1Cl. The van der Waals surface area contributed by atoms with Gasteiger partial charge in [-0.15, -0.1) is 0 Å². The van der Waals surface area contributed by atoms with E-state index in [2.05, 4.69) is 10.3 Å². The number of aromatic nitrogens is 2. The van der Waals surface area contributed by atoms with E-state index in [9.17, 15) is 14.3 Å². The molecule has 0 aliphatic carbocycles. The van der Waals surface area contributed by atoms with Crippen LogP contribution in [0.4, 0.5) is 10.1 Å². The Morgan fingerprint density at radius 1 is 1.38 bits per heavy atom. The highest BCUT2D eigenvalue weighted by molar-refractivity contribution is 6.33. The number of halogens is 2. The lowest BCUT2D eigenvalue weighted by molar-refractivity contribution is -0.116. The van der Waals surface area contributed by atoms with E-state index in [1.807, 2.05) is 24.3 Å². The van der Waals surface area contributed by atoms with Crippen molar-refractivity contribution in [3.05, 3.63) is 59.1 Å². The van der Waals surface area contributed by atoms with Gasteiger partial charge in [0.15, 0.2) is 0 Å². The average molecular weight is 348 g/mol. The van der Waals surface area contributed by atoms with E-state index in [1.165, 1.54) is 12.1 Å². The highest BCUT2D eigenvalue weighted by atomic mass is 35.5. The van der Waals surface area contributed by atoms with Crippen molar-refractivity contribution in [2.45, 2.75) is 19.6 Å². The second kappa shape index (κ2) is 6.59. The number of hydrogen-bond acceptors (Lipinski definition) is 3. The number of aliphatic hydroxyl groups excluding tert-OH is 1. The highest BCUT2D eigenvalue weighted by Gasteiger charge is 2.17. The van der Waals surface area contributed by atoms with Crippen molar-refractivity contribution < 1.29 is 14.3 Å². The molecule has 0 radical (unpaired) electrons. The van der Waals surface area contributed by atoms with Crippen LogP contribution >= 0.6 is 11.6 Å². The quantitative estimate of drug-likeness (QED) is 0.758. The first-order valence-corrected chi connectivity index (χ1v) is 7.71. The molecule has 2 N–H and O–H groups in total. The molecule has 1 aromatic heterocycles. The maximum Gasteiger partial charge on any atom is 0.244 e. The predicted octanol–water partition coefficient (Wildman–Crippen LogP) is 3.52. The van der Waals surface area contributed by atoms with Crippen molar-refractivity contribution in [2.75, 3.05) is 5.32 Å². The number of nitrogens with one attached hydrogen (secondary N) is 1. The van der Waals surface area contributed by atoms with Crippen LogP contribution in [-0.2, 0) is 11.3 Å². The van der Waals surface area contributed by atoms with Gasteiger partial charge in [-0.25, -0.2) is 9.37 Å². The van der Waals surface area contributed by atoms with Crippen molar-refractivity contribution in [3.63, 3.8) is 0 Å². The summed E-state index contributed by atoms with van der Waals surface area (Å²) in [6.07, 6.45) is -0.820. The number of benzene rings is 2. The van der Waals surface area contributed by atoms with Crippen molar-refractivity contribution in [1.82, 2.24) is 9.55 Å². The van der Waals surface area contributed by atoms with Crippen LogP contribution in [0.25, 0.3) is 11.0 Å². The number of carbonyl (C=O) groups is 1. The number of nitrogens with zero attached hydrogens (tertiary/aromatic N) is 2. The van der Waals surface area contributed by atoms with Crippen LogP contribution in [0.15, 0.2) is 42.5 Å². The molecule has 7 heteroatoms. The Morgan fingerprint density at radius 2 is 2.12 bits per heavy atom. The maximum atomic E-state index is 13.1. The topological polar surface area (TPSA) is 67.2 Å². The van der Waals surface area contributed by atoms with Crippen molar-refractivity contribution in [2.24, 2.45) is 0 Å². The molecule has 124 valence electrons. The van der Waals surface area contributed by atoms with Gasteiger partial charge in [-0.3, -0.25) is 4.79 Å². The smallest absolute Gasteiger partial charge is 0.244 e. The monoisotopic (exact) mass is 347 g/mol. The van der Waals surface area contributed by atoms with Gasteiger partial charge in [0.2, 0.25) is 5.91 Å². The molecular formula is C17H15ClFN3O2. The zero-order valence-electron chi connectivity index (χ0n) is 12.8. The molecule has 0 saturated carbocycles. The van der Waals surface area contributed by atoms with Crippen LogP contribution in [0.5, 0.6) is 0 Å². The number of carbonyl (C=O) groups excluding carboxylic acids is 1. The first-order chi connectivity index (χ1) is 11.5. The third kappa shape index (κ3) is 3.25. The highest BCUT2D eigenvalue weighted by Crippen LogP contribution is 2.24. The van der Waals surface area contributed by atoms with Gasteiger partial charge >= 0.3 is 0 Å². The summed E-state index contributed by atoms with van der Waals surface area (Å²) in [4.78, 5) is 16.7. The van der Waals surface area contributed by atoms with Crippen LogP contribution in [0.1, 0.15) is 18.9 Å². The van der Waals surface area contributed by atoms with E-state index in [4.69, 9.17) is 11.6 Å². The summed E-state index contributed by atoms with van der Waals surface area (Å²) in [6, 6.07) is 11.1. The Kier molecular flexibility index (Phi) is 4.51. The fourth-order valence-electron chi connectivity index (χ4n) is 2.50. The normalized spacial score (nSPS) is 12.3. The van der Waals surface area contributed by atoms with Crippen molar-refractivity contribution >= 4 is 34.2 Å². The second-order valence-electron chi connectivity index (χ2n) is 5.39. The van der Waals surface area contributed by atoms with Crippen LogP contribution in [0.2, 0.25) is 5.02 Å². The third-order valence-electron chi connectivity index (χ3n) is 3.56. The Balaban J connectivity index is 1.89. The standard InChI is InChI=1S/C17H15ClFN3O2/c1-10(23)17-21-14-4-2-3-5-15(14)22(17)9-16(24)20-13-7-6-11(19)8-12(13)18/h2-8,10,23H,9H2,1H3,(H,20,24)/t10-/m1/s1. The number of anilines is 1. The number of fused-ring (bicyclic) bond motifs is 1. The van der Waals surface area contributed by atoms with Crippen molar-refractivity contribution in [3.8, 4) is 0 Å². The van der Waals surface area contributed by atoms with E-state index in [-0.39, 0.29) is 17.5 Å². The van der Waals surface area contributed by atoms with Gasteiger partial charge in [0.05, 0.1) is 21.7 Å². The van der Waals surface area contributed by atoms with Gasteiger partial charge in [-0.05, 0) is 37.3 Å². The van der Waals surface area contributed by atoms with E-state index < -0.39 is 11.9 Å². The van der Waals surface area contributed by atoms with Gasteiger partial charge in [0.25, 0.3) is 0 Å². The summed E-state index contributed by atoms with van der Waals surface area (Å²) in [5, 5.41) is 12.7. The molecular weight excluding hydrogens is 333 g/mol. The molecule has 2 aromatic carbocycles. The summed E-state index contributed by atoms with van der Waals surface area (Å²) in [6.45, 7) is 1.54. The number of aliphatic hydroxyl groups is 1. The Bertz CT molecular complexity index is 908. The van der Waals surface area contributed by atoms with Gasteiger partial charge in [-0.2, -0.15) is 0 Å². The Morgan fingerprint density at radius 3 is 2.83 bits per heavy atom. The predicted molar refractivity (Wildman–Crippen MR) is 90.4 cm³/mol. The minimum absolute atomic E-state index is 0.0472. The molecule has 0 bridgehead atoms. The minimum atomic E-state index is -0.820. The fraction of sp³-hybridized carbons (Fsp3) is 0.176. The van der Waals surface area contributed by atoms with Gasteiger partial charge in [0, 0.05) is 0 Å². The Hall–Kier alpha value is -2.44. The fourth-order valence-corrected chi connectivity index (χ4v) is 2.72. The summed E-state index contributed by atoms with van der Waals surface area (Å²) >= 11 is 5.92. The molecule has 0 aliphatic rings. The van der Waals surface area contributed by atoms with E-state index in [0.29, 0.717) is 17.0 Å². The van der Waals surface area contributed by atoms with Crippen LogP contribution < -0.4 is 5.32 Å². The van der Waals surface area contributed by atoms with E-state index in [0.717, 1.165) is 11.6 Å². The summed E-state index contributed by atoms with van der Waals surface area (Å²) in [7, 11) is 0. The number of para-hydroxylation sites is 2. The van der Waals surface area contributed by atoms with Crippen molar-refractivity contribution in [1.29, 1.82) is 0 Å². The minimum Gasteiger partial charge on any atom is -0.385 e. The molecule has 0 aliphatic heterocycles. The van der Waals surface area contributed by atoms with Crippen LogP contribution in [0.3, 0.4) is 0 Å². The molecule has 1 heterocycles. The molecule has 3 rings (SSSR count). The lowest BCUT2D eigenvalue weighted by Gasteiger charge is -2.12. The summed E-state index contributed by atoms with van der Waals surface area (Å²) in [5.74, 6) is -0.430. The zero-order valence-corrected chi connectivity index (χ0v) is 13.6. The molecule has 0 fully saturated rings. The number of amides is 1. The average Bonchev–Trinajstić information content (AvgIpc) is 2.89. The third-order valence-corrected chi connectivity index (χ3v) is 3.88. The largest absolute Gasteiger partial charge is 0.385 e. The van der Waals surface area contributed by atoms with Crippen LogP contribution in [-0.4, -0.2) is 20.6 Å². The van der Waals surface area contributed by atoms with Crippen LogP contribution in [0, 0.1) is 5.82 Å². The first kappa shape index (κ1) is 16.4. The molecule has 0 spiro atoms. The molecule has 0 saturated heterocycles. The zero-order chi connectivity index (χ0) is 17.3. The van der Waals surface area contributed by atoms with Gasteiger partial charge < -0.3 is 15.0 Å². The van der Waals surface area contributed by atoms with E-state index >= 15 is 0 Å². The molecule has 0 unspecified atom stereocenters. The number of imidazole rings is 1. The molecule has 1 amide bonds. The second-order valence-corrected chi connectivity index (χ2v) is 5.80. The lowest BCUT2D eigenvalue weighted by Crippen LogP contribution is -2.21. The lowest BCUT2D eigenvalue weighted by atomic mass is 10.3. The number of hydrogen-bond donors (Lipinski definition) is 2. The van der Waals surface area contributed by atoms with Gasteiger partial charge in [-0.1, -0.05) is 23.7 Å². The molecule has 3 aromatic rings. The Labute approximate surface area is 142 Å². The molecule has 24 heavy (non-hydrogen) atoms. The molecule has 5 nitrogen and oxygen atoms in total. The van der Waals surface area contributed by atoms with E-state index in [1.54, 1.807) is 11.5 Å². The first-order valence-electron chi connectivity index (χ1n) is 7.34. The molecule has 1 atom stereocenters. The summed E-state index contributed by atoms with van der Waals surface area (Å²) in [5.41, 5.74) is 1.76. The number of rotatable bonds is 4. The van der Waals surface area contributed by atoms with Gasteiger partial charge in [0.1, 0.15) is 24.3 Å². The maximum absolute atomic E-state index is 13.1.